The van der Waals surface area contributed by atoms with E-state index in [1.54, 1.807) is 6.20 Å². The molecule has 0 radical (unpaired) electrons. The number of aryl methyl sites for hydroxylation is 2. The molecule has 2 heterocycles. The molecule has 1 aromatic heterocycles. The summed E-state index contributed by atoms with van der Waals surface area (Å²) in [4.78, 5) is 11.1. The molecule has 0 aromatic carbocycles. The Labute approximate surface area is 96.5 Å². The molecular formula is C11H19N5. The highest BCUT2D eigenvalue weighted by atomic mass is 15.5. The second-order valence-corrected chi connectivity index (χ2v) is 4.35. The fraction of sp³-hybridized carbons (Fsp3) is 0.636. The molecule has 1 aromatic rings. The van der Waals surface area contributed by atoms with Crippen molar-refractivity contribution in [3.05, 3.63) is 17.6 Å². The summed E-state index contributed by atoms with van der Waals surface area (Å²) in [6, 6.07) is 0. The summed E-state index contributed by atoms with van der Waals surface area (Å²) in [7, 11) is 2.15. The first-order valence-electron chi connectivity index (χ1n) is 5.65. The number of nitrogens with zero attached hydrogens (tertiary/aromatic N) is 4. The molecule has 88 valence electrons. The summed E-state index contributed by atoms with van der Waals surface area (Å²) < 4.78 is 0. The highest BCUT2D eigenvalue weighted by Gasteiger charge is 2.14. The van der Waals surface area contributed by atoms with Crippen molar-refractivity contribution in [2.24, 2.45) is 0 Å². The maximum absolute atomic E-state index is 4.46. The molecule has 1 saturated heterocycles. The van der Waals surface area contributed by atoms with Gasteiger partial charge in [-0.05, 0) is 20.9 Å². The van der Waals surface area contributed by atoms with Crippen LogP contribution in [0.2, 0.25) is 0 Å². The van der Waals surface area contributed by atoms with Crippen molar-refractivity contribution in [3.63, 3.8) is 0 Å². The maximum Gasteiger partial charge on any atom is 0.162 e. The highest BCUT2D eigenvalue weighted by Crippen LogP contribution is 2.10. The van der Waals surface area contributed by atoms with Crippen LogP contribution in [0.15, 0.2) is 6.20 Å². The number of hydrogen-bond acceptors (Lipinski definition) is 5. The first kappa shape index (κ1) is 11.3. The van der Waals surface area contributed by atoms with Gasteiger partial charge in [0.25, 0.3) is 0 Å². The summed E-state index contributed by atoms with van der Waals surface area (Å²) in [6.45, 7) is 8.15. The molecule has 0 unspecified atom stereocenters. The van der Waals surface area contributed by atoms with Crippen LogP contribution in [0.25, 0.3) is 0 Å². The van der Waals surface area contributed by atoms with E-state index in [-0.39, 0.29) is 0 Å². The van der Waals surface area contributed by atoms with Gasteiger partial charge in [0.1, 0.15) is 0 Å². The van der Waals surface area contributed by atoms with E-state index in [9.17, 15) is 0 Å². The van der Waals surface area contributed by atoms with Gasteiger partial charge in [0.2, 0.25) is 0 Å². The van der Waals surface area contributed by atoms with Crippen LogP contribution in [-0.4, -0.2) is 53.1 Å². The van der Waals surface area contributed by atoms with Crippen molar-refractivity contribution in [1.82, 2.24) is 19.9 Å². The van der Waals surface area contributed by atoms with Gasteiger partial charge in [-0.3, -0.25) is 4.98 Å². The van der Waals surface area contributed by atoms with Crippen LogP contribution in [0.5, 0.6) is 0 Å². The number of aromatic nitrogens is 2. The van der Waals surface area contributed by atoms with E-state index in [0.29, 0.717) is 0 Å². The van der Waals surface area contributed by atoms with Crippen molar-refractivity contribution in [3.8, 4) is 0 Å². The van der Waals surface area contributed by atoms with Gasteiger partial charge in [0, 0.05) is 32.4 Å². The third-order valence-corrected chi connectivity index (χ3v) is 2.84. The van der Waals surface area contributed by atoms with Gasteiger partial charge in [0.15, 0.2) is 5.82 Å². The highest BCUT2D eigenvalue weighted by molar-refractivity contribution is 5.38. The van der Waals surface area contributed by atoms with E-state index in [0.717, 1.165) is 43.4 Å². The standard InChI is InChI=1S/C11H19N5/c1-9-8-12-10(2)11(13-9)14-16-6-4-15(3)5-7-16/h8H,4-7H2,1-3H3,(H,13,14). The molecule has 1 aliphatic rings. The normalized spacial score (nSPS) is 18.7. The molecule has 1 fully saturated rings. The Bertz CT molecular complexity index is 357. The van der Waals surface area contributed by atoms with Crippen LogP contribution >= 0.6 is 0 Å². The van der Waals surface area contributed by atoms with Crippen molar-refractivity contribution >= 4 is 5.82 Å². The number of nitrogens with one attached hydrogen (secondary N) is 1. The van der Waals surface area contributed by atoms with Gasteiger partial charge in [-0.15, -0.1) is 0 Å². The number of anilines is 1. The van der Waals surface area contributed by atoms with Crippen LogP contribution in [0.3, 0.4) is 0 Å². The van der Waals surface area contributed by atoms with Crippen LogP contribution in [0.4, 0.5) is 5.82 Å². The molecule has 0 aliphatic carbocycles. The quantitative estimate of drug-likeness (QED) is 0.795. The molecule has 1 N–H and O–H groups in total. The summed E-state index contributed by atoms with van der Waals surface area (Å²) in [6.07, 6.45) is 1.80. The van der Waals surface area contributed by atoms with Gasteiger partial charge < -0.3 is 10.3 Å². The Morgan fingerprint density at radius 3 is 2.56 bits per heavy atom. The van der Waals surface area contributed by atoms with Gasteiger partial charge in [-0.2, -0.15) is 0 Å². The van der Waals surface area contributed by atoms with E-state index in [1.807, 2.05) is 13.8 Å². The molecule has 5 heteroatoms. The van der Waals surface area contributed by atoms with Crippen molar-refractivity contribution in [2.45, 2.75) is 13.8 Å². The Balaban J connectivity index is 2.00. The fourth-order valence-electron chi connectivity index (χ4n) is 1.71. The Kier molecular flexibility index (Phi) is 3.36. The van der Waals surface area contributed by atoms with Crippen molar-refractivity contribution < 1.29 is 0 Å². The lowest BCUT2D eigenvalue weighted by Crippen LogP contribution is -2.47. The molecule has 0 bridgehead atoms. The van der Waals surface area contributed by atoms with Crippen LogP contribution in [-0.2, 0) is 0 Å². The minimum atomic E-state index is 0.879. The van der Waals surface area contributed by atoms with Crippen molar-refractivity contribution in [2.75, 3.05) is 38.7 Å². The van der Waals surface area contributed by atoms with Crippen LogP contribution in [0.1, 0.15) is 11.4 Å². The van der Waals surface area contributed by atoms with E-state index in [2.05, 4.69) is 32.4 Å². The predicted molar refractivity (Wildman–Crippen MR) is 64.2 cm³/mol. The topological polar surface area (TPSA) is 44.3 Å². The molecule has 2 rings (SSSR count). The fourth-order valence-corrected chi connectivity index (χ4v) is 1.71. The number of piperazine rings is 1. The van der Waals surface area contributed by atoms with Gasteiger partial charge in [-0.25, -0.2) is 9.99 Å². The van der Waals surface area contributed by atoms with Gasteiger partial charge >= 0.3 is 0 Å². The second kappa shape index (κ2) is 4.76. The zero-order valence-corrected chi connectivity index (χ0v) is 10.2. The lowest BCUT2D eigenvalue weighted by atomic mass is 10.4. The largest absolute Gasteiger partial charge is 0.304 e. The van der Waals surface area contributed by atoms with E-state index in [4.69, 9.17) is 0 Å². The van der Waals surface area contributed by atoms with Crippen molar-refractivity contribution in [1.29, 1.82) is 0 Å². The average Bonchev–Trinajstić information content (AvgIpc) is 2.27. The summed E-state index contributed by atoms with van der Waals surface area (Å²) in [5, 5.41) is 2.20. The molecule has 0 amide bonds. The van der Waals surface area contributed by atoms with Gasteiger partial charge in [0.05, 0.1) is 11.4 Å². The minimum absolute atomic E-state index is 0.879. The smallest absolute Gasteiger partial charge is 0.162 e. The molecule has 1 aliphatic heterocycles. The molecule has 0 spiro atoms. The number of rotatable bonds is 2. The third kappa shape index (κ3) is 2.68. The molecule has 5 nitrogen and oxygen atoms in total. The first-order valence-corrected chi connectivity index (χ1v) is 5.65. The van der Waals surface area contributed by atoms with Crippen LogP contribution < -0.4 is 5.43 Å². The summed E-state index contributed by atoms with van der Waals surface area (Å²) >= 11 is 0. The first-order chi connectivity index (χ1) is 7.65. The zero-order chi connectivity index (χ0) is 11.5. The summed E-state index contributed by atoms with van der Waals surface area (Å²) in [5.74, 6) is 0.879. The minimum Gasteiger partial charge on any atom is -0.304 e. The second-order valence-electron chi connectivity index (χ2n) is 4.35. The Morgan fingerprint density at radius 1 is 1.19 bits per heavy atom. The average molecular weight is 221 g/mol. The predicted octanol–water partition coefficient (Wildman–Crippen LogP) is 0.668. The lowest BCUT2D eigenvalue weighted by molar-refractivity contribution is 0.178. The maximum atomic E-state index is 4.46. The summed E-state index contributed by atoms with van der Waals surface area (Å²) in [5.41, 5.74) is 5.24. The number of hydrazine groups is 1. The van der Waals surface area contributed by atoms with E-state index >= 15 is 0 Å². The Hall–Kier alpha value is -1.20. The van der Waals surface area contributed by atoms with E-state index < -0.39 is 0 Å². The van der Waals surface area contributed by atoms with Gasteiger partial charge in [-0.1, -0.05) is 0 Å². The molecular weight excluding hydrogens is 202 g/mol. The van der Waals surface area contributed by atoms with Crippen LogP contribution in [0, 0.1) is 13.8 Å². The lowest BCUT2D eigenvalue weighted by Gasteiger charge is -2.32. The molecule has 16 heavy (non-hydrogen) atoms. The third-order valence-electron chi connectivity index (χ3n) is 2.84. The monoisotopic (exact) mass is 221 g/mol. The number of likely N-dealkylation sites (N-methyl/N-ethyl adjacent to an activating group) is 1. The molecule has 0 saturated carbocycles. The number of hydrogen-bond donors (Lipinski definition) is 1. The molecule has 0 atom stereocenters. The Morgan fingerprint density at radius 2 is 1.88 bits per heavy atom. The SMILES string of the molecule is Cc1cnc(C)c(NN2CCN(C)CC2)n1. The van der Waals surface area contributed by atoms with E-state index in [1.165, 1.54) is 0 Å². The zero-order valence-electron chi connectivity index (χ0n) is 10.2.